The van der Waals surface area contributed by atoms with Crippen LogP contribution in [0.4, 0.5) is 5.69 Å². The van der Waals surface area contributed by atoms with Gasteiger partial charge in [0.1, 0.15) is 0 Å². The molecule has 1 aromatic rings. The van der Waals surface area contributed by atoms with Crippen LogP contribution in [0.15, 0.2) is 34.6 Å². The van der Waals surface area contributed by atoms with Crippen molar-refractivity contribution in [1.29, 1.82) is 0 Å². The van der Waals surface area contributed by atoms with Crippen molar-refractivity contribution < 1.29 is 5.11 Å². The Balaban J connectivity index is 2.08. The van der Waals surface area contributed by atoms with E-state index in [1.165, 1.54) is 5.56 Å². The predicted molar refractivity (Wildman–Crippen MR) is 79.2 cm³/mol. The maximum atomic E-state index is 10.7. The van der Waals surface area contributed by atoms with Gasteiger partial charge < -0.3 is 5.11 Å². The molecule has 0 saturated heterocycles. The van der Waals surface area contributed by atoms with E-state index in [0.29, 0.717) is 12.1 Å². The zero-order valence-electron chi connectivity index (χ0n) is 11.7. The summed E-state index contributed by atoms with van der Waals surface area (Å²) in [6.45, 7) is 7.69. The van der Waals surface area contributed by atoms with E-state index < -0.39 is 8.07 Å². The third-order valence-corrected chi connectivity index (χ3v) is 7.01. The fourth-order valence-electron chi connectivity index (χ4n) is 3.49. The lowest BCUT2D eigenvalue weighted by atomic mass is 10.0. The number of rotatable bonds is 1. The first-order chi connectivity index (χ1) is 8.98. The highest BCUT2D eigenvalue weighted by atomic mass is 28.3. The molecule has 0 aliphatic carbocycles. The quantitative estimate of drug-likeness (QED) is 0.801. The average Bonchev–Trinajstić information content (AvgIpc) is 2.72. The number of para-hydroxylation sites is 1. The van der Waals surface area contributed by atoms with Crippen LogP contribution in [-0.2, 0) is 6.42 Å². The predicted octanol–water partition coefficient (Wildman–Crippen LogP) is 2.87. The maximum Gasteiger partial charge on any atom is 0.0846 e. The summed E-state index contributed by atoms with van der Waals surface area (Å²) >= 11 is 0. The molecule has 3 atom stereocenters. The molecular formula is C14H21N3OSi. The van der Waals surface area contributed by atoms with Gasteiger partial charge in [-0.1, -0.05) is 43.1 Å². The Morgan fingerprint density at radius 3 is 2.74 bits per heavy atom. The first-order valence-electron chi connectivity index (χ1n) is 6.91. The Bertz CT molecular complexity index is 512. The fourth-order valence-corrected chi connectivity index (χ4v) is 6.17. The van der Waals surface area contributed by atoms with E-state index in [2.05, 4.69) is 47.1 Å². The second-order valence-corrected chi connectivity index (χ2v) is 12.0. The van der Waals surface area contributed by atoms with Crippen molar-refractivity contribution in [3.05, 3.63) is 29.8 Å². The molecule has 0 spiro atoms. The second-order valence-electron chi connectivity index (χ2n) is 6.62. The zero-order valence-corrected chi connectivity index (χ0v) is 12.7. The summed E-state index contributed by atoms with van der Waals surface area (Å²) in [7, 11) is -1.49. The molecule has 0 bridgehead atoms. The molecule has 4 nitrogen and oxygen atoms in total. The largest absolute Gasteiger partial charge is 0.393 e. The molecule has 0 fully saturated rings. The lowest BCUT2D eigenvalue weighted by Gasteiger charge is -2.37. The van der Waals surface area contributed by atoms with Crippen molar-refractivity contribution in [1.82, 2.24) is 0 Å². The topological polar surface area (TPSA) is 48.2 Å². The number of anilines is 1. The van der Waals surface area contributed by atoms with Gasteiger partial charge in [0.15, 0.2) is 0 Å². The summed E-state index contributed by atoms with van der Waals surface area (Å²) in [6, 6.07) is 8.47. The van der Waals surface area contributed by atoms with Crippen molar-refractivity contribution in [3.8, 4) is 0 Å². The van der Waals surface area contributed by atoms with Crippen LogP contribution in [0.25, 0.3) is 0 Å². The average molecular weight is 275 g/mol. The molecule has 3 rings (SSSR count). The van der Waals surface area contributed by atoms with Crippen LogP contribution < -0.4 is 5.01 Å². The normalized spacial score (nSPS) is 29.9. The van der Waals surface area contributed by atoms with Crippen LogP contribution in [0.2, 0.25) is 25.2 Å². The van der Waals surface area contributed by atoms with Crippen molar-refractivity contribution in [2.45, 2.75) is 43.7 Å². The van der Waals surface area contributed by atoms with Crippen molar-refractivity contribution in [2.75, 3.05) is 11.6 Å². The Labute approximate surface area is 115 Å². The molecule has 0 radical (unpaired) electrons. The van der Waals surface area contributed by atoms with E-state index >= 15 is 0 Å². The van der Waals surface area contributed by atoms with Crippen LogP contribution in [-0.4, -0.2) is 31.9 Å². The number of benzene rings is 1. The van der Waals surface area contributed by atoms with Gasteiger partial charge >= 0.3 is 0 Å². The summed E-state index contributed by atoms with van der Waals surface area (Å²) in [5.41, 5.74) is 2.60. The Morgan fingerprint density at radius 1 is 1.26 bits per heavy atom. The van der Waals surface area contributed by atoms with E-state index in [0.717, 1.165) is 12.1 Å². The Kier molecular flexibility index (Phi) is 2.98. The van der Waals surface area contributed by atoms with Crippen molar-refractivity contribution >= 4 is 13.8 Å². The van der Waals surface area contributed by atoms with Gasteiger partial charge in [-0.2, -0.15) is 5.11 Å². The molecule has 1 N–H and O–H groups in total. The lowest BCUT2D eigenvalue weighted by Crippen LogP contribution is -2.48. The number of hydrogen-bond donors (Lipinski definition) is 1. The summed E-state index contributed by atoms with van der Waals surface area (Å²) in [6.07, 6.45) is 0.444. The third-order valence-electron chi connectivity index (χ3n) is 4.24. The Hall–Kier alpha value is -1.20. The number of hydrogen-bond acceptors (Lipinski definition) is 4. The standard InChI is InChI=1S/C14H21N3OSi/c1-19(2,3)14-12-9-15-16-17(12)11-7-5-4-6-10(11)8-13(14)18/h4-7,12-14,18H,8-9H2,1-3H3/t12-,13+,14-/m0/s1. The van der Waals surface area contributed by atoms with Crippen LogP contribution in [0.5, 0.6) is 0 Å². The highest BCUT2D eigenvalue weighted by Gasteiger charge is 2.46. The molecule has 5 heteroatoms. The molecule has 102 valence electrons. The highest BCUT2D eigenvalue weighted by Crippen LogP contribution is 2.42. The van der Waals surface area contributed by atoms with Crippen LogP contribution in [0.3, 0.4) is 0 Å². The SMILES string of the molecule is C[Si](C)(C)[C@@H]1[C@H](O)Cc2ccccc2N2N=NC[C@@H]12. The lowest BCUT2D eigenvalue weighted by molar-refractivity contribution is 0.157. The second kappa shape index (κ2) is 4.42. The molecule has 0 aromatic heterocycles. The van der Waals surface area contributed by atoms with E-state index in [1.54, 1.807) is 0 Å². The van der Waals surface area contributed by atoms with Crippen molar-refractivity contribution in [2.24, 2.45) is 10.3 Å². The van der Waals surface area contributed by atoms with Crippen LogP contribution >= 0.6 is 0 Å². The van der Waals surface area contributed by atoms with Crippen LogP contribution in [0.1, 0.15) is 5.56 Å². The monoisotopic (exact) mass is 275 g/mol. The summed E-state index contributed by atoms with van der Waals surface area (Å²) in [5.74, 6) is 0. The van der Waals surface area contributed by atoms with Gasteiger partial charge in [-0.05, 0) is 11.6 Å². The molecule has 2 heterocycles. The summed E-state index contributed by atoms with van der Waals surface area (Å²) < 4.78 is 0. The first-order valence-corrected chi connectivity index (χ1v) is 10.5. The molecule has 19 heavy (non-hydrogen) atoms. The zero-order chi connectivity index (χ0) is 13.6. The summed E-state index contributed by atoms with van der Waals surface area (Å²) in [4.78, 5) is 0. The molecule has 0 saturated carbocycles. The van der Waals surface area contributed by atoms with Gasteiger partial charge in [-0.3, -0.25) is 0 Å². The molecule has 0 amide bonds. The number of fused-ring (bicyclic) bond motifs is 3. The number of aliphatic hydroxyl groups excluding tert-OH is 1. The molecule has 2 aliphatic heterocycles. The van der Waals surface area contributed by atoms with Gasteiger partial charge in [0.05, 0.1) is 32.5 Å². The van der Waals surface area contributed by atoms with Gasteiger partial charge in [0, 0.05) is 12.0 Å². The number of nitrogens with zero attached hydrogens (tertiary/aromatic N) is 3. The minimum absolute atomic E-state index is 0.227. The molecule has 1 aromatic carbocycles. The van der Waals surface area contributed by atoms with E-state index in [1.807, 2.05) is 12.1 Å². The van der Waals surface area contributed by atoms with Crippen LogP contribution in [0, 0.1) is 0 Å². The first kappa shape index (κ1) is 12.8. The third kappa shape index (κ3) is 2.11. The van der Waals surface area contributed by atoms with E-state index in [4.69, 9.17) is 0 Å². The van der Waals surface area contributed by atoms with Crippen molar-refractivity contribution in [3.63, 3.8) is 0 Å². The van der Waals surface area contributed by atoms with E-state index in [9.17, 15) is 5.11 Å². The van der Waals surface area contributed by atoms with Gasteiger partial charge in [0.25, 0.3) is 0 Å². The van der Waals surface area contributed by atoms with Gasteiger partial charge in [-0.15, -0.1) is 0 Å². The maximum absolute atomic E-state index is 10.7. The molecule has 2 aliphatic rings. The fraction of sp³-hybridized carbons (Fsp3) is 0.571. The Morgan fingerprint density at radius 2 is 2.00 bits per heavy atom. The van der Waals surface area contributed by atoms with Gasteiger partial charge in [0.2, 0.25) is 0 Å². The summed E-state index contributed by atoms with van der Waals surface area (Å²) in [5, 5.41) is 21.3. The highest BCUT2D eigenvalue weighted by molar-refractivity contribution is 6.78. The minimum Gasteiger partial charge on any atom is -0.393 e. The number of aliphatic hydroxyl groups is 1. The smallest absolute Gasteiger partial charge is 0.0846 e. The van der Waals surface area contributed by atoms with E-state index in [-0.39, 0.29) is 12.1 Å². The molecule has 0 unspecified atom stereocenters. The minimum atomic E-state index is -1.49. The van der Waals surface area contributed by atoms with Gasteiger partial charge in [-0.25, -0.2) is 5.01 Å². The molecular weight excluding hydrogens is 254 g/mol.